The van der Waals surface area contributed by atoms with Gasteiger partial charge in [-0.15, -0.1) is 0 Å². The van der Waals surface area contributed by atoms with Gasteiger partial charge in [-0.2, -0.15) is 4.98 Å². The van der Waals surface area contributed by atoms with Crippen molar-refractivity contribution in [2.75, 3.05) is 24.7 Å². The number of rotatable bonds is 4. The van der Waals surface area contributed by atoms with Gasteiger partial charge in [-0.05, 0) is 13.3 Å². The third-order valence-corrected chi connectivity index (χ3v) is 3.09. The number of ether oxygens (including phenoxy) is 1. The number of likely N-dealkylation sites (N-methyl/N-ethyl adjacent to an activating group) is 1. The maximum Gasteiger partial charge on any atom is 0.251 e. The van der Waals surface area contributed by atoms with E-state index in [2.05, 4.69) is 15.3 Å². The number of anilines is 2. The van der Waals surface area contributed by atoms with Gasteiger partial charge in [0.2, 0.25) is 11.8 Å². The zero-order valence-corrected chi connectivity index (χ0v) is 11.4. The number of carbonyl (C=O) groups is 2. The molecule has 2 amide bonds. The van der Waals surface area contributed by atoms with Crippen LogP contribution in [0.25, 0.3) is 0 Å². The molecule has 1 aliphatic heterocycles. The molecule has 2 heterocycles. The van der Waals surface area contributed by atoms with Gasteiger partial charge in [-0.3, -0.25) is 14.5 Å². The molecule has 1 aromatic heterocycles. The molecular formula is C12H17N5O3. The zero-order chi connectivity index (χ0) is 14.7. The first kappa shape index (κ1) is 14.0. The quantitative estimate of drug-likeness (QED) is 0.747. The van der Waals surface area contributed by atoms with E-state index in [0.29, 0.717) is 25.3 Å². The molecule has 8 nitrogen and oxygen atoms in total. The fourth-order valence-corrected chi connectivity index (χ4v) is 1.96. The third kappa shape index (κ3) is 2.63. The topological polar surface area (TPSA) is 110 Å². The molecule has 0 radical (unpaired) electrons. The van der Waals surface area contributed by atoms with Crippen LogP contribution in [0.3, 0.4) is 0 Å². The number of carbonyl (C=O) groups excluding carboxylic acids is 2. The van der Waals surface area contributed by atoms with E-state index in [9.17, 15) is 9.59 Å². The van der Waals surface area contributed by atoms with E-state index >= 15 is 0 Å². The van der Waals surface area contributed by atoms with Crippen LogP contribution >= 0.6 is 0 Å². The summed E-state index contributed by atoms with van der Waals surface area (Å²) in [6.07, 6.45) is 2.03. The molecular weight excluding hydrogens is 262 g/mol. The fraction of sp³-hybridized carbons (Fsp3) is 0.500. The highest BCUT2D eigenvalue weighted by molar-refractivity contribution is 6.01. The van der Waals surface area contributed by atoms with Crippen molar-refractivity contribution in [1.82, 2.24) is 14.9 Å². The van der Waals surface area contributed by atoms with Crippen molar-refractivity contribution in [2.24, 2.45) is 0 Å². The number of hydrogen-bond acceptors (Lipinski definition) is 7. The van der Waals surface area contributed by atoms with Crippen molar-refractivity contribution in [3.05, 3.63) is 6.33 Å². The van der Waals surface area contributed by atoms with E-state index < -0.39 is 6.04 Å². The monoisotopic (exact) mass is 279 g/mol. The average Bonchev–Trinajstić information content (AvgIpc) is 2.44. The molecule has 1 fully saturated rings. The Morgan fingerprint density at radius 2 is 2.25 bits per heavy atom. The lowest BCUT2D eigenvalue weighted by atomic mass is 10.0. The summed E-state index contributed by atoms with van der Waals surface area (Å²) in [6, 6.07) is -0.524. The van der Waals surface area contributed by atoms with Crippen LogP contribution in [0.1, 0.15) is 19.8 Å². The van der Waals surface area contributed by atoms with Crippen LogP contribution in [0.5, 0.6) is 5.88 Å². The van der Waals surface area contributed by atoms with Crippen molar-refractivity contribution in [1.29, 1.82) is 0 Å². The third-order valence-electron chi connectivity index (χ3n) is 3.09. The van der Waals surface area contributed by atoms with Gasteiger partial charge in [0.25, 0.3) is 5.91 Å². The maximum absolute atomic E-state index is 12.0. The standard InChI is InChI=1S/C12H17N5O3/c1-3-20-11-9(13)10(14-6-15-11)16-7-4-5-8(18)17(2)12(7)19/h6-7H,3-5,13H2,1-2H3,(H,14,15,16). The molecule has 108 valence electrons. The lowest BCUT2D eigenvalue weighted by Gasteiger charge is -2.28. The number of aromatic nitrogens is 2. The van der Waals surface area contributed by atoms with E-state index in [4.69, 9.17) is 10.5 Å². The highest BCUT2D eigenvalue weighted by atomic mass is 16.5. The number of amides is 2. The number of nitrogens with two attached hydrogens (primary N) is 1. The van der Waals surface area contributed by atoms with E-state index in [1.165, 1.54) is 13.4 Å². The lowest BCUT2D eigenvalue weighted by molar-refractivity contribution is -0.146. The smallest absolute Gasteiger partial charge is 0.251 e. The predicted molar refractivity (Wildman–Crippen MR) is 72.0 cm³/mol. The maximum atomic E-state index is 12.0. The number of nitrogens with zero attached hydrogens (tertiary/aromatic N) is 3. The van der Waals surface area contributed by atoms with Gasteiger partial charge < -0.3 is 15.8 Å². The number of piperidine rings is 1. The predicted octanol–water partition coefficient (Wildman–Crippen LogP) is 0.0168. The first-order chi connectivity index (χ1) is 9.54. The van der Waals surface area contributed by atoms with Crippen LogP contribution in [-0.4, -0.2) is 46.4 Å². The number of imide groups is 1. The van der Waals surface area contributed by atoms with Crippen LogP contribution < -0.4 is 15.8 Å². The summed E-state index contributed by atoms with van der Waals surface area (Å²) in [7, 11) is 1.47. The fourth-order valence-electron chi connectivity index (χ4n) is 1.96. The first-order valence-corrected chi connectivity index (χ1v) is 6.34. The Balaban J connectivity index is 2.16. The molecule has 8 heteroatoms. The molecule has 0 saturated carbocycles. The van der Waals surface area contributed by atoms with E-state index in [-0.39, 0.29) is 23.4 Å². The van der Waals surface area contributed by atoms with Crippen LogP contribution in [-0.2, 0) is 9.59 Å². The van der Waals surface area contributed by atoms with E-state index in [1.807, 2.05) is 6.92 Å². The Hall–Kier alpha value is -2.38. The second kappa shape index (κ2) is 5.72. The second-order valence-electron chi connectivity index (χ2n) is 4.40. The molecule has 3 N–H and O–H groups in total. The number of nitrogen functional groups attached to an aromatic ring is 1. The highest BCUT2D eigenvalue weighted by Gasteiger charge is 2.32. The van der Waals surface area contributed by atoms with Crippen molar-refractivity contribution in [3.8, 4) is 5.88 Å². The molecule has 1 atom stereocenters. The molecule has 1 aliphatic rings. The minimum absolute atomic E-state index is 0.182. The summed E-state index contributed by atoms with van der Waals surface area (Å²) in [6.45, 7) is 2.25. The zero-order valence-electron chi connectivity index (χ0n) is 11.4. The summed E-state index contributed by atoms with van der Waals surface area (Å²) in [5.41, 5.74) is 6.14. The second-order valence-corrected chi connectivity index (χ2v) is 4.40. The van der Waals surface area contributed by atoms with Crippen molar-refractivity contribution >= 4 is 23.3 Å². The molecule has 1 aromatic rings. The number of likely N-dealkylation sites (tertiary alicyclic amines) is 1. The Kier molecular flexibility index (Phi) is 4.02. The van der Waals surface area contributed by atoms with Gasteiger partial charge >= 0.3 is 0 Å². The van der Waals surface area contributed by atoms with Crippen LogP contribution in [0.15, 0.2) is 6.33 Å². The van der Waals surface area contributed by atoms with Gasteiger partial charge in [0.05, 0.1) is 6.61 Å². The van der Waals surface area contributed by atoms with Crippen LogP contribution in [0, 0.1) is 0 Å². The molecule has 0 bridgehead atoms. The minimum Gasteiger partial charge on any atom is -0.476 e. The average molecular weight is 279 g/mol. The molecule has 1 unspecified atom stereocenters. The van der Waals surface area contributed by atoms with Crippen molar-refractivity contribution in [3.63, 3.8) is 0 Å². The largest absolute Gasteiger partial charge is 0.476 e. The van der Waals surface area contributed by atoms with Gasteiger partial charge in [0.1, 0.15) is 18.1 Å². The molecule has 1 saturated heterocycles. The van der Waals surface area contributed by atoms with E-state index in [0.717, 1.165) is 4.90 Å². The SMILES string of the molecule is CCOc1ncnc(NC2CCC(=O)N(C)C2=O)c1N. The molecule has 2 rings (SSSR count). The molecule has 20 heavy (non-hydrogen) atoms. The molecule has 0 aromatic carbocycles. The summed E-state index contributed by atoms with van der Waals surface area (Å²) >= 11 is 0. The normalized spacial score (nSPS) is 19.1. The Morgan fingerprint density at radius 3 is 2.95 bits per heavy atom. The number of hydrogen-bond donors (Lipinski definition) is 2. The minimum atomic E-state index is -0.524. The van der Waals surface area contributed by atoms with Crippen LogP contribution in [0.2, 0.25) is 0 Å². The lowest BCUT2D eigenvalue weighted by Crippen LogP contribution is -2.48. The van der Waals surface area contributed by atoms with Gasteiger partial charge in [0.15, 0.2) is 5.82 Å². The Bertz CT molecular complexity index is 534. The Morgan fingerprint density at radius 1 is 1.50 bits per heavy atom. The molecule has 0 aliphatic carbocycles. The summed E-state index contributed by atoms with van der Waals surface area (Å²) < 4.78 is 5.27. The van der Waals surface area contributed by atoms with Crippen molar-refractivity contribution in [2.45, 2.75) is 25.8 Å². The molecule has 0 spiro atoms. The highest BCUT2D eigenvalue weighted by Crippen LogP contribution is 2.26. The van der Waals surface area contributed by atoms with E-state index in [1.54, 1.807) is 0 Å². The summed E-state index contributed by atoms with van der Waals surface area (Å²) in [4.78, 5) is 32.4. The summed E-state index contributed by atoms with van der Waals surface area (Å²) in [5, 5.41) is 2.95. The first-order valence-electron chi connectivity index (χ1n) is 6.34. The van der Waals surface area contributed by atoms with Crippen molar-refractivity contribution < 1.29 is 14.3 Å². The van der Waals surface area contributed by atoms with Gasteiger partial charge in [0, 0.05) is 13.5 Å². The van der Waals surface area contributed by atoms with Gasteiger partial charge in [-0.1, -0.05) is 0 Å². The summed E-state index contributed by atoms with van der Waals surface area (Å²) in [5.74, 6) is 0.137. The van der Waals surface area contributed by atoms with Gasteiger partial charge in [-0.25, -0.2) is 4.98 Å². The Labute approximate surface area is 116 Å². The number of nitrogens with one attached hydrogen (secondary N) is 1. The van der Waals surface area contributed by atoms with Crippen LogP contribution in [0.4, 0.5) is 11.5 Å².